The van der Waals surface area contributed by atoms with E-state index in [-0.39, 0.29) is 6.04 Å². The first-order valence-corrected chi connectivity index (χ1v) is 3.14. The Bertz CT molecular complexity index is 106. The lowest BCUT2D eigenvalue weighted by Gasteiger charge is -2.06. The molecule has 58 valence electrons. The van der Waals surface area contributed by atoms with Gasteiger partial charge in [0.25, 0.3) is 0 Å². The van der Waals surface area contributed by atoms with E-state index in [0.717, 1.165) is 12.8 Å². The zero-order chi connectivity index (χ0) is 7.82. The lowest BCUT2D eigenvalue weighted by molar-refractivity contribution is -0.115. The third-order valence-electron chi connectivity index (χ3n) is 1.15. The minimum atomic E-state index is -0.343. The third kappa shape index (κ3) is 4.03. The van der Waals surface area contributed by atoms with Gasteiger partial charge in [0.15, 0.2) is 0 Å². The Labute approximate surface area is 60.0 Å². The molecule has 0 saturated heterocycles. The fourth-order valence-electron chi connectivity index (χ4n) is 0.578. The second kappa shape index (κ2) is 6.22. The molecular weight excluding hydrogens is 132 g/mol. The zero-order valence-corrected chi connectivity index (χ0v) is 5.96. The number of carbonyl (C=O) groups excluding carboxylic acids is 2. The first kappa shape index (κ1) is 9.10. The van der Waals surface area contributed by atoms with E-state index in [1.165, 1.54) is 0 Å². The summed E-state index contributed by atoms with van der Waals surface area (Å²) in [6.07, 6.45) is 1.90. The molecule has 0 fully saturated rings. The quantitative estimate of drug-likeness (QED) is 0.466. The van der Waals surface area contributed by atoms with Gasteiger partial charge < -0.3 is 15.4 Å². The van der Waals surface area contributed by atoms with Gasteiger partial charge >= 0.3 is 0 Å². The first-order valence-electron chi connectivity index (χ1n) is 3.14. The second-order valence-electron chi connectivity index (χ2n) is 1.92. The van der Waals surface area contributed by atoms with Gasteiger partial charge in [-0.05, 0) is 20.0 Å². The van der Waals surface area contributed by atoms with Crippen LogP contribution in [-0.2, 0) is 9.59 Å². The van der Waals surface area contributed by atoms with E-state index in [1.54, 1.807) is 7.05 Å². The maximum absolute atomic E-state index is 10.2. The molecule has 0 aromatic carbocycles. The van der Waals surface area contributed by atoms with E-state index in [9.17, 15) is 9.59 Å². The standard InChI is InChI=1S/C6H12N2O2/c1-7-3-2-6(4-9)8-5-10/h4-7H,2-3H2,1H3,(H,8,10). The van der Waals surface area contributed by atoms with Gasteiger partial charge in [0.05, 0.1) is 6.04 Å². The summed E-state index contributed by atoms with van der Waals surface area (Å²) >= 11 is 0. The molecule has 0 saturated carbocycles. The molecular formula is C6H12N2O2. The molecule has 1 unspecified atom stereocenters. The Hall–Kier alpha value is -0.900. The van der Waals surface area contributed by atoms with Gasteiger partial charge in [-0.15, -0.1) is 0 Å². The monoisotopic (exact) mass is 144 g/mol. The Kier molecular flexibility index (Phi) is 5.66. The summed E-state index contributed by atoms with van der Waals surface area (Å²) in [7, 11) is 1.79. The minimum Gasteiger partial charge on any atom is -0.349 e. The van der Waals surface area contributed by atoms with Crippen LogP contribution in [0.1, 0.15) is 6.42 Å². The van der Waals surface area contributed by atoms with E-state index in [0.29, 0.717) is 12.8 Å². The van der Waals surface area contributed by atoms with Crippen LogP contribution in [0.5, 0.6) is 0 Å². The minimum absolute atomic E-state index is 0.343. The Morgan fingerprint density at radius 3 is 2.60 bits per heavy atom. The van der Waals surface area contributed by atoms with Crippen molar-refractivity contribution < 1.29 is 9.59 Å². The van der Waals surface area contributed by atoms with Gasteiger partial charge in [-0.1, -0.05) is 0 Å². The predicted molar refractivity (Wildman–Crippen MR) is 37.6 cm³/mol. The Balaban J connectivity index is 3.38. The number of carbonyl (C=O) groups is 2. The van der Waals surface area contributed by atoms with Gasteiger partial charge in [0.1, 0.15) is 6.29 Å². The highest BCUT2D eigenvalue weighted by atomic mass is 16.1. The highest BCUT2D eigenvalue weighted by Gasteiger charge is 2.02. The molecule has 0 bridgehead atoms. The summed E-state index contributed by atoms with van der Waals surface area (Å²) in [6.45, 7) is 0.726. The van der Waals surface area contributed by atoms with Gasteiger partial charge in [0.2, 0.25) is 6.41 Å². The molecule has 0 aliphatic heterocycles. The van der Waals surface area contributed by atoms with Crippen molar-refractivity contribution in [2.45, 2.75) is 12.5 Å². The molecule has 0 aliphatic carbocycles. The molecule has 1 atom stereocenters. The third-order valence-corrected chi connectivity index (χ3v) is 1.15. The molecule has 1 amide bonds. The summed E-state index contributed by atoms with van der Waals surface area (Å²) in [6, 6.07) is -0.343. The number of aldehydes is 1. The highest BCUT2D eigenvalue weighted by Crippen LogP contribution is 1.82. The molecule has 10 heavy (non-hydrogen) atoms. The van der Waals surface area contributed by atoms with Crippen molar-refractivity contribution >= 4 is 12.7 Å². The van der Waals surface area contributed by atoms with Gasteiger partial charge in [-0.2, -0.15) is 0 Å². The fourth-order valence-corrected chi connectivity index (χ4v) is 0.578. The van der Waals surface area contributed by atoms with Crippen LogP contribution in [0.2, 0.25) is 0 Å². The first-order chi connectivity index (χ1) is 4.85. The average Bonchev–Trinajstić information content (AvgIpc) is 1.98. The maximum Gasteiger partial charge on any atom is 0.207 e. The van der Waals surface area contributed by atoms with Crippen LogP contribution in [-0.4, -0.2) is 32.3 Å². The fraction of sp³-hybridized carbons (Fsp3) is 0.667. The maximum atomic E-state index is 10.2. The van der Waals surface area contributed by atoms with Crippen molar-refractivity contribution in [3.63, 3.8) is 0 Å². The highest BCUT2D eigenvalue weighted by molar-refractivity contribution is 5.63. The molecule has 0 aromatic rings. The van der Waals surface area contributed by atoms with Crippen LogP contribution >= 0.6 is 0 Å². The van der Waals surface area contributed by atoms with Crippen LogP contribution in [0.3, 0.4) is 0 Å². The van der Waals surface area contributed by atoms with Crippen LogP contribution in [0.15, 0.2) is 0 Å². The number of hydrogen-bond acceptors (Lipinski definition) is 3. The summed E-state index contributed by atoms with van der Waals surface area (Å²) in [5, 5.41) is 5.25. The Morgan fingerprint density at radius 2 is 2.20 bits per heavy atom. The second-order valence-corrected chi connectivity index (χ2v) is 1.92. The van der Waals surface area contributed by atoms with E-state index in [2.05, 4.69) is 10.6 Å². The number of nitrogens with one attached hydrogen (secondary N) is 2. The molecule has 0 aromatic heterocycles. The van der Waals surface area contributed by atoms with Crippen molar-refractivity contribution in [1.29, 1.82) is 0 Å². The molecule has 2 N–H and O–H groups in total. The van der Waals surface area contributed by atoms with E-state index in [4.69, 9.17) is 0 Å². The normalized spacial score (nSPS) is 12.1. The summed E-state index contributed by atoms with van der Waals surface area (Å²) < 4.78 is 0. The molecule has 0 aliphatic rings. The van der Waals surface area contributed by atoms with Crippen molar-refractivity contribution in [3.8, 4) is 0 Å². The van der Waals surface area contributed by atoms with Gasteiger partial charge in [-0.3, -0.25) is 4.79 Å². The summed E-state index contributed by atoms with van der Waals surface area (Å²) in [4.78, 5) is 20.0. The topological polar surface area (TPSA) is 58.2 Å². The van der Waals surface area contributed by atoms with E-state index in [1.807, 2.05) is 0 Å². The van der Waals surface area contributed by atoms with Crippen LogP contribution in [0, 0.1) is 0 Å². The van der Waals surface area contributed by atoms with E-state index < -0.39 is 0 Å². The molecule has 4 heteroatoms. The SMILES string of the molecule is CNCCC(C=O)NC=O. The smallest absolute Gasteiger partial charge is 0.207 e. The van der Waals surface area contributed by atoms with Gasteiger partial charge in [-0.25, -0.2) is 0 Å². The number of rotatable bonds is 6. The summed E-state index contributed by atoms with van der Waals surface area (Å²) in [5.41, 5.74) is 0. The number of hydrogen-bond donors (Lipinski definition) is 2. The summed E-state index contributed by atoms with van der Waals surface area (Å²) in [5.74, 6) is 0. The van der Waals surface area contributed by atoms with Crippen molar-refractivity contribution in [1.82, 2.24) is 10.6 Å². The van der Waals surface area contributed by atoms with Crippen LogP contribution in [0.4, 0.5) is 0 Å². The molecule has 0 rings (SSSR count). The van der Waals surface area contributed by atoms with Crippen LogP contribution < -0.4 is 10.6 Å². The zero-order valence-electron chi connectivity index (χ0n) is 5.96. The van der Waals surface area contributed by atoms with E-state index >= 15 is 0 Å². The molecule has 0 heterocycles. The molecule has 0 radical (unpaired) electrons. The Morgan fingerprint density at radius 1 is 1.50 bits per heavy atom. The van der Waals surface area contributed by atoms with Crippen molar-refractivity contribution in [2.75, 3.05) is 13.6 Å². The predicted octanol–water partition coefficient (Wildman–Crippen LogP) is -1.09. The van der Waals surface area contributed by atoms with Crippen molar-refractivity contribution in [2.24, 2.45) is 0 Å². The van der Waals surface area contributed by atoms with Crippen LogP contribution in [0.25, 0.3) is 0 Å². The average molecular weight is 144 g/mol. The lowest BCUT2D eigenvalue weighted by Crippen LogP contribution is -2.31. The van der Waals surface area contributed by atoms with Gasteiger partial charge in [0, 0.05) is 0 Å². The lowest BCUT2D eigenvalue weighted by atomic mass is 10.2. The largest absolute Gasteiger partial charge is 0.349 e. The molecule has 0 spiro atoms. The van der Waals surface area contributed by atoms with Crippen molar-refractivity contribution in [3.05, 3.63) is 0 Å². The number of amides is 1. The molecule has 4 nitrogen and oxygen atoms in total.